The topological polar surface area (TPSA) is 0 Å². The predicted molar refractivity (Wildman–Crippen MR) is 63.8 cm³/mol. The lowest BCUT2D eigenvalue weighted by atomic mass is 9.92. The van der Waals surface area contributed by atoms with Crippen LogP contribution in [0.3, 0.4) is 0 Å². The second kappa shape index (κ2) is 3.41. The minimum absolute atomic E-state index is 0.934. The zero-order chi connectivity index (χ0) is 10.4. The maximum Gasteiger partial charge on any atom is 0.0479 e. The van der Waals surface area contributed by atoms with Crippen LogP contribution in [0.15, 0.2) is 0 Å². The summed E-state index contributed by atoms with van der Waals surface area (Å²) in [7, 11) is -0.934. The number of hydrogen-bond acceptors (Lipinski definition) is 0. The van der Waals surface area contributed by atoms with E-state index in [1.165, 1.54) is 0 Å². The first-order valence-corrected chi connectivity index (χ1v) is 9.34. The van der Waals surface area contributed by atoms with Crippen LogP contribution in [0, 0.1) is 23.7 Å². The van der Waals surface area contributed by atoms with Crippen LogP contribution in [-0.2, 0) is 0 Å². The van der Waals surface area contributed by atoms with Crippen molar-refractivity contribution in [2.24, 2.45) is 23.7 Å². The van der Waals surface area contributed by atoms with Crippen LogP contribution in [0.1, 0.15) is 27.7 Å². The number of rotatable bonds is 1. The fourth-order valence-electron chi connectivity index (χ4n) is 3.67. The van der Waals surface area contributed by atoms with E-state index in [1.807, 2.05) is 0 Å². The molecule has 1 heteroatoms. The van der Waals surface area contributed by atoms with Gasteiger partial charge in [-0.05, 0) is 29.2 Å². The second-order valence-electron chi connectivity index (χ2n) is 6.33. The van der Waals surface area contributed by atoms with E-state index < -0.39 is 8.07 Å². The van der Waals surface area contributed by atoms with Crippen molar-refractivity contribution in [3.05, 3.63) is 0 Å². The van der Waals surface area contributed by atoms with Gasteiger partial charge < -0.3 is 0 Å². The Labute approximate surface area is 85.1 Å². The van der Waals surface area contributed by atoms with Crippen molar-refractivity contribution < 1.29 is 0 Å². The third-order valence-electron chi connectivity index (χ3n) is 4.62. The molecule has 0 aromatic heterocycles. The summed E-state index contributed by atoms with van der Waals surface area (Å²) in [5.41, 5.74) is 1.04. The predicted octanol–water partition coefficient (Wildman–Crippen LogP) is 4.25. The van der Waals surface area contributed by atoms with E-state index in [2.05, 4.69) is 47.3 Å². The van der Waals surface area contributed by atoms with E-state index in [9.17, 15) is 0 Å². The molecule has 5 atom stereocenters. The SMILES string of the molecule is CC1C(C)[C@H](C)C([Si](C)(C)C)[C@@H]1C. The molecule has 1 aliphatic rings. The molecule has 0 nitrogen and oxygen atoms in total. The van der Waals surface area contributed by atoms with Gasteiger partial charge in [-0.25, -0.2) is 0 Å². The fraction of sp³-hybridized carbons (Fsp3) is 1.00. The van der Waals surface area contributed by atoms with Crippen LogP contribution in [-0.4, -0.2) is 8.07 Å². The largest absolute Gasteiger partial charge is 0.0693 e. The van der Waals surface area contributed by atoms with Gasteiger partial charge in [0.2, 0.25) is 0 Å². The molecule has 0 amide bonds. The maximum atomic E-state index is 2.54. The Bertz CT molecular complexity index is 166. The molecule has 0 spiro atoms. The lowest BCUT2D eigenvalue weighted by Crippen LogP contribution is -2.33. The summed E-state index contributed by atoms with van der Waals surface area (Å²) in [6.45, 7) is 17.5. The Morgan fingerprint density at radius 2 is 0.923 bits per heavy atom. The second-order valence-corrected chi connectivity index (χ2v) is 11.7. The molecule has 0 heterocycles. The highest BCUT2D eigenvalue weighted by Gasteiger charge is 2.46. The lowest BCUT2D eigenvalue weighted by molar-refractivity contribution is 0.352. The molecule has 78 valence electrons. The minimum Gasteiger partial charge on any atom is -0.0693 e. The molecule has 0 bridgehead atoms. The van der Waals surface area contributed by atoms with Gasteiger partial charge in [0.05, 0.1) is 0 Å². The Morgan fingerprint density at radius 3 is 1.08 bits per heavy atom. The van der Waals surface area contributed by atoms with Gasteiger partial charge in [0, 0.05) is 8.07 Å². The third-order valence-corrected chi connectivity index (χ3v) is 7.67. The summed E-state index contributed by atoms with van der Waals surface area (Å²) in [5, 5.41) is 0. The van der Waals surface area contributed by atoms with Crippen LogP contribution >= 0.6 is 0 Å². The molecule has 0 aliphatic heterocycles. The standard InChI is InChI=1S/C12H26Si/c1-8-9(2)11(4)12(10(8)3)13(5,6)7/h8-12H,1-7H3/t8?,9?,10-,11+,12?. The Balaban J connectivity index is 2.88. The van der Waals surface area contributed by atoms with Crippen molar-refractivity contribution in [2.45, 2.75) is 52.9 Å². The van der Waals surface area contributed by atoms with Gasteiger partial charge in [0.25, 0.3) is 0 Å². The van der Waals surface area contributed by atoms with Crippen molar-refractivity contribution in [3.63, 3.8) is 0 Å². The third kappa shape index (κ3) is 1.86. The van der Waals surface area contributed by atoms with Gasteiger partial charge in [-0.3, -0.25) is 0 Å². The van der Waals surface area contributed by atoms with Gasteiger partial charge in [-0.2, -0.15) is 0 Å². The summed E-state index contributed by atoms with van der Waals surface area (Å²) < 4.78 is 0. The van der Waals surface area contributed by atoms with Crippen molar-refractivity contribution in [3.8, 4) is 0 Å². The van der Waals surface area contributed by atoms with Crippen molar-refractivity contribution in [1.82, 2.24) is 0 Å². The first-order valence-electron chi connectivity index (χ1n) is 5.76. The number of hydrogen-bond donors (Lipinski definition) is 0. The molecule has 0 saturated heterocycles. The Kier molecular flexibility index (Phi) is 2.97. The zero-order valence-corrected chi connectivity index (χ0v) is 11.4. The first kappa shape index (κ1) is 11.3. The normalized spacial score (nSPS) is 46.8. The minimum atomic E-state index is -0.934. The van der Waals surface area contributed by atoms with E-state index in [1.54, 1.807) is 0 Å². The van der Waals surface area contributed by atoms with Crippen LogP contribution in [0.25, 0.3) is 0 Å². The molecule has 13 heavy (non-hydrogen) atoms. The highest BCUT2D eigenvalue weighted by atomic mass is 28.3. The summed E-state index contributed by atoms with van der Waals surface area (Å²) in [6, 6.07) is 0. The van der Waals surface area contributed by atoms with Crippen molar-refractivity contribution >= 4 is 8.07 Å². The van der Waals surface area contributed by atoms with Gasteiger partial charge in [0.15, 0.2) is 0 Å². The average molecular weight is 198 g/mol. The zero-order valence-electron chi connectivity index (χ0n) is 10.4. The van der Waals surface area contributed by atoms with E-state index >= 15 is 0 Å². The average Bonchev–Trinajstić information content (AvgIpc) is 2.14. The van der Waals surface area contributed by atoms with Crippen LogP contribution in [0.5, 0.6) is 0 Å². The van der Waals surface area contributed by atoms with Crippen molar-refractivity contribution in [1.29, 1.82) is 0 Å². The maximum absolute atomic E-state index is 2.54. The highest BCUT2D eigenvalue weighted by molar-refractivity contribution is 6.77. The van der Waals surface area contributed by atoms with Crippen LogP contribution in [0.4, 0.5) is 0 Å². The summed E-state index contributed by atoms with van der Waals surface area (Å²) in [4.78, 5) is 0. The highest BCUT2D eigenvalue weighted by Crippen LogP contribution is 2.53. The van der Waals surface area contributed by atoms with Crippen LogP contribution < -0.4 is 0 Å². The van der Waals surface area contributed by atoms with E-state index in [0.717, 1.165) is 29.2 Å². The van der Waals surface area contributed by atoms with Gasteiger partial charge in [0.1, 0.15) is 0 Å². The molecule has 1 rings (SSSR count). The Hall–Kier alpha value is 0.217. The molecule has 1 fully saturated rings. The quantitative estimate of drug-likeness (QED) is 0.553. The van der Waals surface area contributed by atoms with E-state index in [0.29, 0.717) is 0 Å². The van der Waals surface area contributed by atoms with E-state index in [-0.39, 0.29) is 0 Å². The lowest BCUT2D eigenvalue weighted by Gasteiger charge is -2.33. The molecular weight excluding hydrogens is 172 g/mol. The van der Waals surface area contributed by atoms with Gasteiger partial charge in [-0.1, -0.05) is 47.3 Å². The molecule has 1 aliphatic carbocycles. The molecule has 3 unspecified atom stereocenters. The summed E-state index contributed by atoms with van der Waals surface area (Å²) in [6.07, 6.45) is 0. The smallest absolute Gasteiger partial charge is 0.0479 e. The molecular formula is C12H26Si. The summed E-state index contributed by atoms with van der Waals surface area (Å²) >= 11 is 0. The van der Waals surface area contributed by atoms with Crippen LogP contribution in [0.2, 0.25) is 25.2 Å². The monoisotopic (exact) mass is 198 g/mol. The van der Waals surface area contributed by atoms with E-state index in [4.69, 9.17) is 0 Å². The van der Waals surface area contributed by atoms with Gasteiger partial charge >= 0.3 is 0 Å². The molecule has 1 saturated carbocycles. The molecule has 0 aromatic carbocycles. The van der Waals surface area contributed by atoms with Gasteiger partial charge in [-0.15, -0.1) is 0 Å². The van der Waals surface area contributed by atoms with Crippen molar-refractivity contribution in [2.75, 3.05) is 0 Å². The molecule has 0 aromatic rings. The molecule has 0 N–H and O–H groups in total. The first-order chi connectivity index (χ1) is 5.76. The fourth-order valence-corrected chi connectivity index (χ4v) is 7.43. The summed E-state index contributed by atoms with van der Waals surface area (Å²) in [5.74, 6) is 3.78. The Morgan fingerprint density at radius 1 is 0.615 bits per heavy atom. The molecule has 0 radical (unpaired) electrons.